The van der Waals surface area contributed by atoms with Crippen LogP contribution in [0.15, 0.2) is 29.8 Å². The van der Waals surface area contributed by atoms with Gasteiger partial charge in [-0.25, -0.2) is 9.59 Å². The number of nitrogens with zero attached hydrogens (tertiary/aromatic N) is 1. The van der Waals surface area contributed by atoms with Crippen LogP contribution in [0.2, 0.25) is 0 Å². The number of hydrogen-bond acceptors (Lipinski definition) is 4. The van der Waals surface area contributed by atoms with Crippen molar-refractivity contribution in [2.45, 2.75) is 13.2 Å². The first-order valence-corrected chi connectivity index (χ1v) is 3.27. The van der Waals surface area contributed by atoms with Crippen molar-refractivity contribution >= 4 is 12.0 Å². The predicted octanol–water partition coefficient (Wildman–Crippen LogP) is 0.954. The maximum Gasteiger partial charge on any atom is 0.332 e. The Labute approximate surface area is 70.2 Å². The standard InChI is InChI=1S/C8H9NO3/c1-3-5-8(11)12-7(4-2)9-6-10/h3-5,7H,2H2,1H3. The number of allylic oxidation sites excluding steroid dienone is 1. The van der Waals surface area contributed by atoms with Gasteiger partial charge in [-0.15, -0.1) is 0 Å². The molecule has 0 saturated carbocycles. The quantitative estimate of drug-likeness (QED) is 0.206. The molecular formula is C8H9NO3. The van der Waals surface area contributed by atoms with Crippen LogP contribution in [0.5, 0.6) is 0 Å². The Hall–Kier alpha value is -1.67. The highest BCUT2D eigenvalue weighted by Crippen LogP contribution is 1.95. The fraction of sp³-hybridized carbons (Fsp3) is 0.250. The van der Waals surface area contributed by atoms with E-state index in [9.17, 15) is 9.59 Å². The molecule has 0 spiro atoms. The Bertz CT molecular complexity index is 239. The number of rotatable bonds is 4. The van der Waals surface area contributed by atoms with Gasteiger partial charge in [0.05, 0.1) is 0 Å². The molecule has 0 aliphatic rings. The van der Waals surface area contributed by atoms with Crippen molar-refractivity contribution in [1.29, 1.82) is 0 Å². The zero-order valence-corrected chi connectivity index (χ0v) is 6.69. The summed E-state index contributed by atoms with van der Waals surface area (Å²) in [6.07, 6.45) is 4.30. The summed E-state index contributed by atoms with van der Waals surface area (Å²) in [5.74, 6) is -0.568. The monoisotopic (exact) mass is 167 g/mol. The number of hydrogen-bond donors (Lipinski definition) is 0. The van der Waals surface area contributed by atoms with Crippen LogP contribution in [-0.4, -0.2) is 18.3 Å². The molecule has 0 N–H and O–H groups in total. The van der Waals surface area contributed by atoms with Crippen LogP contribution in [0.1, 0.15) is 6.92 Å². The number of ether oxygens (including phenoxy) is 1. The topological polar surface area (TPSA) is 55.7 Å². The van der Waals surface area contributed by atoms with Gasteiger partial charge in [-0.2, -0.15) is 4.99 Å². The van der Waals surface area contributed by atoms with Crippen LogP contribution in [0.4, 0.5) is 0 Å². The van der Waals surface area contributed by atoms with Crippen molar-refractivity contribution in [2.75, 3.05) is 0 Å². The van der Waals surface area contributed by atoms with Crippen LogP contribution >= 0.6 is 0 Å². The van der Waals surface area contributed by atoms with Crippen molar-refractivity contribution < 1.29 is 14.3 Å². The Balaban J connectivity index is 4.11. The van der Waals surface area contributed by atoms with E-state index in [-0.39, 0.29) is 0 Å². The third kappa shape index (κ3) is 4.19. The number of isocyanates is 1. The van der Waals surface area contributed by atoms with E-state index in [4.69, 9.17) is 0 Å². The highest BCUT2D eigenvalue weighted by Gasteiger charge is 2.04. The van der Waals surface area contributed by atoms with Crippen LogP contribution in [0.25, 0.3) is 0 Å². The van der Waals surface area contributed by atoms with Gasteiger partial charge < -0.3 is 4.74 Å². The van der Waals surface area contributed by atoms with Gasteiger partial charge in [0.15, 0.2) is 0 Å². The van der Waals surface area contributed by atoms with Gasteiger partial charge in [-0.3, -0.25) is 0 Å². The summed E-state index contributed by atoms with van der Waals surface area (Å²) in [5, 5.41) is 0. The number of esters is 1. The lowest BCUT2D eigenvalue weighted by Crippen LogP contribution is -2.11. The molecule has 0 aliphatic carbocycles. The van der Waals surface area contributed by atoms with E-state index in [1.165, 1.54) is 24.3 Å². The van der Waals surface area contributed by atoms with Gasteiger partial charge in [0.2, 0.25) is 12.3 Å². The first-order valence-electron chi connectivity index (χ1n) is 3.27. The van der Waals surface area contributed by atoms with E-state index in [1.807, 2.05) is 0 Å². The highest BCUT2D eigenvalue weighted by atomic mass is 16.6. The van der Waals surface area contributed by atoms with Crippen molar-refractivity contribution in [3.63, 3.8) is 0 Å². The molecule has 0 aromatic heterocycles. The molecule has 0 aromatic carbocycles. The van der Waals surface area contributed by atoms with Crippen LogP contribution in [0.3, 0.4) is 0 Å². The minimum absolute atomic E-state index is 0.568. The fourth-order valence-electron chi connectivity index (χ4n) is 0.473. The first kappa shape index (κ1) is 10.3. The average molecular weight is 167 g/mol. The molecule has 64 valence electrons. The normalized spacial score (nSPS) is 11.8. The summed E-state index contributed by atoms with van der Waals surface area (Å²) in [4.78, 5) is 23.7. The Morgan fingerprint density at radius 3 is 2.83 bits per heavy atom. The second-order valence-electron chi connectivity index (χ2n) is 1.78. The van der Waals surface area contributed by atoms with Gasteiger partial charge in [0.1, 0.15) is 0 Å². The zero-order chi connectivity index (χ0) is 9.40. The highest BCUT2D eigenvalue weighted by molar-refractivity contribution is 5.82. The van der Waals surface area contributed by atoms with Gasteiger partial charge in [-0.1, -0.05) is 12.7 Å². The summed E-state index contributed by atoms with van der Waals surface area (Å²) >= 11 is 0. The van der Waals surface area contributed by atoms with E-state index in [2.05, 4.69) is 16.3 Å². The summed E-state index contributed by atoms with van der Waals surface area (Å²) in [6.45, 7) is 4.99. The molecule has 0 radical (unpaired) electrons. The molecule has 0 bridgehead atoms. The van der Waals surface area contributed by atoms with E-state index in [0.717, 1.165) is 0 Å². The van der Waals surface area contributed by atoms with Gasteiger partial charge in [-0.05, 0) is 13.0 Å². The average Bonchev–Trinajstić information content (AvgIpc) is 2.04. The molecule has 1 unspecified atom stereocenters. The largest absolute Gasteiger partial charge is 0.432 e. The molecule has 4 nitrogen and oxygen atoms in total. The van der Waals surface area contributed by atoms with Crippen molar-refractivity contribution in [1.82, 2.24) is 0 Å². The summed E-state index contributed by atoms with van der Waals surface area (Å²) in [6, 6.07) is 0. The van der Waals surface area contributed by atoms with Gasteiger partial charge >= 0.3 is 5.97 Å². The lowest BCUT2D eigenvalue weighted by molar-refractivity contribution is -0.140. The minimum Gasteiger partial charge on any atom is -0.432 e. The van der Waals surface area contributed by atoms with E-state index in [0.29, 0.717) is 0 Å². The number of carbonyl (C=O) groups is 1. The molecule has 4 heteroatoms. The van der Waals surface area contributed by atoms with Crippen LogP contribution in [0, 0.1) is 0 Å². The second kappa shape index (κ2) is 6.07. The molecule has 0 fully saturated rings. The lowest BCUT2D eigenvalue weighted by Gasteiger charge is -2.03. The molecule has 0 aromatic rings. The zero-order valence-electron chi connectivity index (χ0n) is 6.69. The van der Waals surface area contributed by atoms with Crippen LogP contribution in [-0.2, 0) is 14.3 Å². The number of aliphatic imine (C=N–C) groups is 1. The molecular weight excluding hydrogens is 158 g/mol. The summed E-state index contributed by atoms with van der Waals surface area (Å²) in [7, 11) is 0. The summed E-state index contributed by atoms with van der Waals surface area (Å²) in [5.41, 5.74) is 0. The third-order valence-corrected chi connectivity index (χ3v) is 0.921. The SMILES string of the molecule is C=CC(N=C=O)OC(=O)C=CC. The van der Waals surface area contributed by atoms with Crippen molar-refractivity contribution in [2.24, 2.45) is 4.99 Å². The van der Waals surface area contributed by atoms with Gasteiger partial charge in [0.25, 0.3) is 0 Å². The molecule has 0 saturated heterocycles. The molecule has 12 heavy (non-hydrogen) atoms. The molecule has 1 atom stereocenters. The molecule has 0 amide bonds. The lowest BCUT2D eigenvalue weighted by atomic mass is 10.5. The molecule has 0 aliphatic heterocycles. The third-order valence-electron chi connectivity index (χ3n) is 0.921. The van der Waals surface area contributed by atoms with E-state index < -0.39 is 12.2 Å². The molecule has 0 heterocycles. The van der Waals surface area contributed by atoms with E-state index in [1.54, 1.807) is 6.92 Å². The second-order valence-corrected chi connectivity index (χ2v) is 1.78. The molecule has 0 rings (SSSR count). The first-order chi connectivity index (χ1) is 5.74. The maximum atomic E-state index is 10.7. The van der Waals surface area contributed by atoms with Crippen molar-refractivity contribution in [3.05, 3.63) is 24.8 Å². The predicted molar refractivity (Wildman–Crippen MR) is 43.0 cm³/mol. The Morgan fingerprint density at radius 1 is 1.75 bits per heavy atom. The fourth-order valence-corrected chi connectivity index (χ4v) is 0.473. The van der Waals surface area contributed by atoms with E-state index >= 15 is 0 Å². The maximum absolute atomic E-state index is 10.7. The van der Waals surface area contributed by atoms with Gasteiger partial charge in [0, 0.05) is 6.08 Å². The smallest absolute Gasteiger partial charge is 0.332 e. The minimum atomic E-state index is -0.939. The van der Waals surface area contributed by atoms with Crippen molar-refractivity contribution in [3.8, 4) is 0 Å². The Morgan fingerprint density at radius 2 is 2.42 bits per heavy atom. The number of carbonyl (C=O) groups excluding carboxylic acids is 2. The summed E-state index contributed by atoms with van der Waals surface area (Å²) < 4.78 is 4.61. The Kier molecular flexibility index (Phi) is 5.22. The van der Waals surface area contributed by atoms with Crippen LogP contribution < -0.4 is 0 Å².